The fourth-order valence-electron chi connectivity index (χ4n) is 2.42. The minimum atomic E-state index is -4.91. The molecule has 1 aromatic carbocycles. The third-order valence-electron chi connectivity index (χ3n) is 3.63. The maximum atomic E-state index is 12.3. The highest BCUT2D eigenvalue weighted by Gasteiger charge is 2.35. The van der Waals surface area contributed by atoms with Gasteiger partial charge in [0.05, 0.1) is 37.0 Å². The lowest BCUT2D eigenvalue weighted by Crippen LogP contribution is -2.39. The first-order chi connectivity index (χ1) is 12.9. The van der Waals surface area contributed by atoms with Crippen molar-refractivity contribution in [2.45, 2.75) is 9.79 Å². The number of hydrogen-bond donors (Lipinski definition) is 2. The van der Waals surface area contributed by atoms with Crippen molar-refractivity contribution < 1.29 is 49.7 Å². The van der Waals surface area contributed by atoms with Crippen molar-refractivity contribution in [2.24, 2.45) is 0 Å². The van der Waals surface area contributed by atoms with Crippen LogP contribution in [-0.4, -0.2) is 65.4 Å². The molecule has 0 bridgehead atoms. The van der Waals surface area contributed by atoms with Gasteiger partial charge in [-0.2, -0.15) is 16.8 Å². The summed E-state index contributed by atoms with van der Waals surface area (Å²) in [4.78, 5) is 23.5. The van der Waals surface area contributed by atoms with Crippen LogP contribution in [-0.2, 0) is 44.0 Å². The highest BCUT2D eigenvalue weighted by molar-refractivity contribution is 7.86. The minimum Gasteiger partial charge on any atom is -0.466 e. The van der Waals surface area contributed by atoms with Gasteiger partial charge in [0, 0.05) is 0 Å². The average molecular weight is 437 g/mol. The van der Waals surface area contributed by atoms with Crippen LogP contribution >= 0.6 is 0 Å². The largest absolute Gasteiger partial charge is 0.466 e. The number of hydrogen-bond acceptors (Lipinski definition) is 10. The predicted molar refractivity (Wildman–Crippen MR) is 90.4 cm³/mol. The summed E-state index contributed by atoms with van der Waals surface area (Å²) < 4.78 is 79.4. The van der Waals surface area contributed by atoms with Crippen LogP contribution in [0.25, 0.3) is 0 Å². The van der Waals surface area contributed by atoms with Crippen molar-refractivity contribution in [1.29, 1.82) is 0 Å². The van der Waals surface area contributed by atoms with Crippen LogP contribution in [0.2, 0.25) is 0 Å². The molecule has 2 N–H and O–H groups in total. The Morgan fingerprint density at radius 2 is 1.64 bits per heavy atom. The Balaban J connectivity index is 2.86. The molecule has 0 saturated heterocycles. The summed E-state index contributed by atoms with van der Waals surface area (Å²) >= 11 is 0. The molecule has 0 aliphatic carbocycles. The van der Waals surface area contributed by atoms with Crippen LogP contribution < -0.4 is 4.90 Å². The van der Waals surface area contributed by atoms with Gasteiger partial charge in [-0.05, 0) is 18.2 Å². The van der Waals surface area contributed by atoms with Gasteiger partial charge in [-0.25, -0.2) is 9.59 Å². The van der Waals surface area contributed by atoms with Crippen molar-refractivity contribution in [2.75, 3.05) is 32.5 Å². The molecule has 14 heteroatoms. The van der Waals surface area contributed by atoms with Crippen molar-refractivity contribution >= 4 is 37.9 Å². The lowest BCUT2D eigenvalue weighted by atomic mass is 10.1. The van der Waals surface area contributed by atoms with E-state index in [0.717, 1.165) is 25.2 Å². The number of nitrogens with zero attached hydrogens (tertiary/aromatic N) is 1. The molecule has 0 fully saturated rings. The normalized spacial score (nSPS) is 15.4. The van der Waals surface area contributed by atoms with Crippen molar-refractivity contribution in [1.82, 2.24) is 0 Å². The van der Waals surface area contributed by atoms with E-state index >= 15 is 0 Å². The second kappa shape index (κ2) is 7.84. The number of anilines is 1. The van der Waals surface area contributed by atoms with Crippen LogP contribution in [0.15, 0.2) is 39.3 Å². The van der Waals surface area contributed by atoms with Gasteiger partial charge in [0.1, 0.15) is 17.3 Å². The molecular formula is C14H15NO11S2. The highest BCUT2D eigenvalue weighted by atomic mass is 32.2. The third kappa shape index (κ3) is 4.31. The topological polar surface area (TPSA) is 174 Å². The molecular weight excluding hydrogens is 422 g/mol. The van der Waals surface area contributed by atoms with E-state index in [-0.39, 0.29) is 12.2 Å². The summed E-state index contributed by atoms with van der Waals surface area (Å²) in [6.45, 7) is -0.894. The summed E-state index contributed by atoms with van der Waals surface area (Å²) in [5.74, 6) is -2.06. The molecule has 0 amide bonds. The first kappa shape index (κ1) is 21.8. The van der Waals surface area contributed by atoms with E-state index in [9.17, 15) is 35.5 Å². The van der Waals surface area contributed by atoms with Crippen LogP contribution in [0.5, 0.6) is 0 Å². The van der Waals surface area contributed by atoms with Crippen molar-refractivity contribution in [3.05, 3.63) is 29.5 Å². The first-order valence-corrected chi connectivity index (χ1v) is 10.1. The van der Waals surface area contributed by atoms with E-state index in [1.165, 1.54) is 0 Å². The van der Waals surface area contributed by atoms with Gasteiger partial charge in [0.25, 0.3) is 20.2 Å². The monoisotopic (exact) mass is 437 g/mol. The summed E-state index contributed by atoms with van der Waals surface area (Å²) in [7, 11) is -7.65. The quantitative estimate of drug-likeness (QED) is 0.450. The maximum Gasteiger partial charge on any atom is 0.355 e. The Bertz CT molecular complexity index is 1060. The summed E-state index contributed by atoms with van der Waals surface area (Å²) in [6, 6.07) is 2.12. The molecule has 2 rings (SSSR count). The molecule has 0 unspecified atom stereocenters. The number of esters is 2. The van der Waals surface area contributed by atoms with E-state index < -0.39 is 60.1 Å². The van der Waals surface area contributed by atoms with Gasteiger partial charge in [-0.3, -0.25) is 9.11 Å². The van der Waals surface area contributed by atoms with Crippen LogP contribution in [0, 0.1) is 0 Å². The fraction of sp³-hybridized carbons (Fsp3) is 0.286. The van der Waals surface area contributed by atoms with E-state index in [4.69, 9.17) is 4.74 Å². The zero-order valence-corrected chi connectivity index (χ0v) is 16.1. The fourth-order valence-corrected chi connectivity index (χ4v) is 3.59. The Morgan fingerprint density at radius 3 is 2.14 bits per heavy atom. The van der Waals surface area contributed by atoms with Gasteiger partial charge in [-0.15, -0.1) is 0 Å². The number of carbonyl (C=O) groups is 2. The second-order valence-corrected chi connectivity index (χ2v) is 8.11. The second-order valence-electron chi connectivity index (χ2n) is 5.30. The molecule has 1 aromatic rings. The van der Waals surface area contributed by atoms with Crippen molar-refractivity contribution in [3.63, 3.8) is 0 Å². The Hall–Kier alpha value is -2.52. The molecule has 0 atom stereocenters. The lowest BCUT2D eigenvalue weighted by Gasteiger charge is -2.32. The molecule has 0 radical (unpaired) electrons. The van der Waals surface area contributed by atoms with E-state index in [1.54, 1.807) is 0 Å². The SMILES string of the molecule is COC(=O)C1=C(C(=O)OC)N(c2cc(S(=O)(=O)O)ccc2S(=O)(=O)O)COC1. The lowest BCUT2D eigenvalue weighted by molar-refractivity contribution is -0.140. The summed E-state index contributed by atoms with van der Waals surface area (Å²) in [5, 5.41) is 0. The molecule has 1 heterocycles. The van der Waals surface area contributed by atoms with E-state index in [0.29, 0.717) is 12.1 Å². The Kier molecular flexibility index (Phi) is 6.10. The van der Waals surface area contributed by atoms with Gasteiger partial charge < -0.3 is 19.1 Å². The van der Waals surface area contributed by atoms with Gasteiger partial charge >= 0.3 is 11.9 Å². The van der Waals surface area contributed by atoms with Gasteiger partial charge in [0.2, 0.25) is 0 Å². The summed E-state index contributed by atoms with van der Waals surface area (Å²) in [6.07, 6.45) is 0. The molecule has 154 valence electrons. The highest BCUT2D eigenvalue weighted by Crippen LogP contribution is 2.33. The van der Waals surface area contributed by atoms with Crippen LogP contribution in [0.1, 0.15) is 0 Å². The Morgan fingerprint density at radius 1 is 1.04 bits per heavy atom. The number of benzene rings is 1. The molecule has 1 aliphatic heterocycles. The van der Waals surface area contributed by atoms with E-state index in [1.807, 2.05) is 0 Å². The molecule has 0 aromatic heterocycles. The average Bonchev–Trinajstić information content (AvgIpc) is 2.64. The Labute approximate surface area is 159 Å². The summed E-state index contributed by atoms with van der Waals surface area (Å²) in [5.41, 5.74) is -1.38. The van der Waals surface area contributed by atoms with Crippen LogP contribution in [0.4, 0.5) is 5.69 Å². The standard InChI is InChI=1S/C14H15NO11S2/c1-24-13(16)9-6-26-7-15(12(9)14(17)25-2)10-5-8(27(18,19)20)3-4-11(10)28(21,22)23/h3-5H,6-7H2,1-2H3,(H,18,19,20)(H,21,22,23). The molecule has 12 nitrogen and oxygen atoms in total. The van der Waals surface area contributed by atoms with Crippen LogP contribution in [0.3, 0.4) is 0 Å². The first-order valence-electron chi connectivity index (χ1n) is 7.26. The molecule has 0 spiro atoms. The molecule has 28 heavy (non-hydrogen) atoms. The zero-order valence-electron chi connectivity index (χ0n) is 14.5. The zero-order chi connectivity index (χ0) is 21.3. The molecule has 1 aliphatic rings. The number of rotatable bonds is 5. The van der Waals surface area contributed by atoms with Crippen molar-refractivity contribution in [3.8, 4) is 0 Å². The number of methoxy groups -OCH3 is 2. The smallest absolute Gasteiger partial charge is 0.355 e. The van der Waals surface area contributed by atoms with Gasteiger partial charge in [0.15, 0.2) is 0 Å². The van der Waals surface area contributed by atoms with E-state index in [2.05, 4.69) is 9.47 Å². The maximum absolute atomic E-state index is 12.3. The number of ether oxygens (including phenoxy) is 3. The third-order valence-corrected chi connectivity index (χ3v) is 5.38. The molecule has 0 saturated carbocycles. The van der Waals surface area contributed by atoms with Gasteiger partial charge in [-0.1, -0.05) is 0 Å². The number of carbonyl (C=O) groups excluding carboxylic acids is 2. The minimum absolute atomic E-state index is 0.334. The predicted octanol–water partition coefficient (Wildman–Crippen LogP) is -0.426.